The molecule has 0 heterocycles. The van der Waals surface area contributed by atoms with Crippen LogP contribution in [0.3, 0.4) is 0 Å². The van der Waals surface area contributed by atoms with Crippen LogP contribution in [0.1, 0.15) is 49.3 Å². The van der Waals surface area contributed by atoms with E-state index in [-0.39, 0.29) is 35.5 Å². The van der Waals surface area contributed by atoms with Gasteiger partial charge in [0.25, 0.3) is 10.0 Å². The van der Waals surface area contributed by atoms with E-state index >= 15 is 0 Å². The highest BCUT2D eigenvalue weighted by molar-refractivity contribution is 7.98. The van der Waals surface area contributed by atoms with Crippen LogP contribution in [0.25, 0.3) is 0 Å². The number of nitrogens with zero attached hydrogens (tertiary/aromatic N) is 2. The number of carbonyl (C=O) groups is 2. The fourth-order valence-electron chi connectivity index (χ4n) is 6.22. The third kappa shape index (κ3) is 9.05. The normalized spacial score (nSPS) is 13.9. The monoisotopic (exact) mass is 699 g/mol. The van der Waals surface area contributed by atoms with Gasteiger partial charge in [-0.3, -0.25) is 13.9 Å². The maximum Gasteiger partial charge on any atom is 0.264 e. The molecule has 2 amide bonds. The summed E-state index contributed by atoms with van der Waals surface area (Å²) in [5.74, 6) is -0.400. The molecule has 1 aliphatic carbocycles. The van der Waals surface area contributed by atoms with Gasteiger partial charge in [-0.05, 0) is 86.0 Å². The van der Waals surface area contributed by atoms with Crippen LogP contribution in [0.15, 0.2) is 113 Å². The van der Waals surface area contributed by atoms with Crippen LogP contribution in [0, 0.1) is 6.92 Å². The maximum atomic E-state index is 14.9. The van der Waals surface area contributed by atoms with E-state index in [0.717, 1.165) is 51.6 Å². The lowest BCUT2D eigenvalue weighted by Crippen LogP contribution is -2.54. The summed E-state index contributed by atoms with van der Waals surface area (Å²) < 4.78 is 36.0. The van der Waals surface area contributed by atoms with E-state index in [2.05, 4.69) is 5.32 Å². The Morgan fingerprint density at radius 1 is 0.898 bits per heavy atom. The molecule has 1 fully saturated rings. The molecule has 0 saturated heterocycles. The molecule has 1 saturated carbocycles. The minimum Gasteiger partial charge on any atom is -0.492 e. The van der Waals surface area contributed by atoms with Gasteiger partial charge in [-0.1, -0.05) is 79.6 Å². The predicted octanol–water partition coefficient (Wildman–Crippen LogP) is 7.01. The average Bonchev–Trinajstić information content (AvgIpc) is 3.63. The second kappa shape index (κ2) is 16.9. The van der Waals surface area contributed by atoms with Crippen molar-refractivity contribution in [3.05, 3.63) is 120 Å². The number of benzene rings is 4. The van der Waals surface area contributed by atoms with Gasteiger partial charge in [0.15, 0.2) is 0 Å². The minimum atomic E-state index is -4.26. The Morgan fingerprint density at radius 3 is 2.22 bits per heavy atom. The molecule has 1 aliphatic rings. The fourth-order valence-corrected chi connectivity index (χ4v) is 8.05. The molecule has 0 bridgehead atoms. The number of rotatable bonds is 15. The van der Waals surface area contributed by atoms with E-state index in [4.69, 9.17) is 4.74 Å². The first-order valence-electron chi connectivity index (χ1n) is 16.8. The van der Waals surface area contributed by atoms with Crippen molar-refractivity contribution in [1.82, 2.24) is 10.2 Å². The smallest absolute Gasteiger partial charge is 0.264 e. The van der Waals surface area contributed by atoms with E-state index in [1.165, 1.54) is 11.8 Å². The number of anilines is 1. The molecule has 4 aromatic rings. The molecule has 0 radical (unpaired) electrons. The quantitative estimate of drug-likeness (QED) is 0.134. The van der Waals surface area contributed by atoms with Gasteiger partial charge in [0, 0.05) is 23.9 Å². The molecule has 1 N–H and O–H groups in total. The number of carbonyl (C=O) groups excluding carboxylic acids is 2. The van der Waals surface area contributed by atoms with Crippen molar-refractivity contribution in [2.24, 2.45) is 0 Å². The summed E-state index contributed by atoms with van der Waals surface area (Å²) in [7, 11) is -4.26. The van der Waals surface area contributed by atoms with E-state index in [0.29, 0.717) is 12.4 Å². The first-order valence-corrected chi connectivity index (χ1v) is 19.4. The fraction of sp³-hybridized carbons (Fsp3) is 0.333. The zero-order chi connectivity index (χ0) is 34.8. The van der Waals surface area contributed by atoms with Crippen LogP contribution in [0.2, 0.25) is 0 Å². The first-order chi connectivity index (χ1) is 23.7. The lowest BCUT2D eigenvalue weighted by Gasteiger charge is -2.35. The molecule has 49 heavy (non-hydrogen) atoms. The highest BCUT2D eigenvalue weighted by Crippen LogP contribution is 2.33. The highest BCUT2D eigenvalue weighted by Gasteiger charge is 2.36. The van der Waals surface area contributed by atoms with Gasteiger partial charge in [-0.15, -0.1) is 11.8 Å². The van der Waals surface area contributed by atoms with E-state index in [1.807, 2.05) is 74.7 Å². The van der Waals surface area contributed by atoms with Crippen molar-refractivity contribution >= 4 is 39.3 Å². The average molecular weight is 700 g/mol. The number of thioether (sulfide) groups is 1. The number of sulfonamides is 1. The molecule has 1 atom stereocenters. The largest absolute Gasteiger partial charge is 0.492 e. The molecule has 8 nitrogen and oxygen atoms in total. The summed E-state index contributed by atoms with van der Waals surface area (Å²) >= 11 is 1.51. The topological polar surface area (TPSA) is 96.0 Å². The number of amides is 2. The summed E-state index contributed by atoms with van der Waals surface area (Å²) in [6, 6.07) is 30.0. The summed E-state index contributed by atoms with van der Waals surface area (Å²) in [4.78, 5) is 31.6. The first kappa shape index (κ1) is 36.0. The third-order valence-electron chi connectivity index (χ3n) is 8.93. The highest BCUT2D eigenvalue weighted by atomic mass is 32.2. The Bertz CT molecular complexity index is 1810. The van der Waals surface area contributed by atoms with E-state index in [9.17, 15) is 18.0 Å². The number of ether oxygens (including phenoxy) is 1. The van der Waals surface area contributed by atoms with Gasteiger partial charge in [-0.25, -0.2) is 8.42 Å². The van der Waals surface area contributed by atoms with Crippen molar-refractivity contribution in [2.45, 2.75) is 74.4 Å². The van der Waals surface area contributed by atoms with Crippen LogP contribution < -0.4 is 14.4 Å². The third-order valence-corrected chi connectivity index (χ3v) is 11.5. The summed E-state index contributed by atoms with van der Waals surface area (Å²) in [6.07, 6.45) is 6.07. The van der Waals surface area contributed by atoms with Gasteiger partial charge in [0.1, 0.15) is 18.3 Å². The van der Waals surface area contributed by atoms with Gasteiger partial charge in [0.2, 0.25) is 11.8 Å². The number of aryl methyl sites for hydroxylation is 1. The van der Waals surface area contributed by atoms with Crippen LogP contribution in [0.4, 0.5) is 5.69 Å². The van der Waals surface area contributed by atoms with Crippen LogP contribution in [-0.2, 0) is 32.6 Å². The van der Waals surface area contributed by atoms with Crippen molar-refractivity contribution in [2.75, 3.05) is 23.7 Å². The molecule has 4 aromatic carbocycles. The van der Waals surface area contributed by atoms with Crippen LogP contribution in [0.5, 0.6) is 5.75 Å². The second-order valence-corrected chi connectivity index (χ2v) is 15.0. The molecule has 1 unspecified atom stereocenters. The summed E-state index contributed by atoms with van der Waals surface area (Å²) in [6.45, 7) is 3.69. The summed E-state index contributed by atoms with van der Waals surface area (Å²) in [5.41, 5.74) is 2.99. The number of nitrogens with one attached hydrogen (secondary N) is 1. The van der Waals surface area contributed by atoms with Crippen molar-refractivity contribution in [1.29, 1.82) is 0 Å². The Morgan fingerprint density at radius 2 is 1.55 bits per heavy atom. The van der Waals surface area contributed by atoms with Crippen LogP contribution in [-0.4, -0.2) is 56.6 Å². The molecule has 0 aliphatic heterocycles. The van der Waals surface area contributed by atoms with Gasteiger partial charge < -0.3 is 15.0 Å². The predicted molar refractivity (Wildman–Crippen MR) is 196 cm³/mol. The second-order valence-electron chi connectivity index (χ2n) is 12.2. The Labute approximate surface area is 294 Å². The Hall–Kier alpha value is -4.28. The van der Waals surface area contributed by atoms with Crippen molar-refractivity contribution in [3.63, 3.8) is 0 Å². The molecule has 10 heteroatoms. The minimum absolute atomic E-state index is 0.0420. The maximum absolute atomic E-state index is 14.9. The molecule has 258 valence electrons. The lowest BCUT2D eigenvalue weighted by atomic mass is 10.0. The number of hydrogen-bond donors (Lipinski definition) is 1. The standard InChI is InChI=1S/C39H45N3O5S2/c1-4-47-37-21-13-12-20-35(37)42(49(45,46)34-24-22-33(48-3)23-25-34)28-38(43)41(27-31-17-9-8-14-29(31)2)36(26-30-15-6-5-7-16-30)39(44)40-32-18-10-11-19-32/h5-9,12-17,20-25,32,36H,4,10-11,18-19,26-28H2,1-3H3,(H,40,44). The van der Waals surface area contributed by atoms with Gasteiger partial charge >= 0.3 is 0 Å². The van der Waals surface area contributed by atoms with Gasteiger partial charge in [-0.2, -0.15) is 0 Å². The SMILES string of the molecule is CCOc1ccccc1N(CC(=O)N(Cc1ccccc1C)C(Cc1ccccc1)C(=O)NC1CCCC1)S(=O)(=O)c1ccc(SC)cc1. The molecular weight excluding hydrogens is 655 g/mol. The molecular formula is C39H45N3O5S2. The zero-order valence-corrected chi connectivity index (χ0v) is 30.0. The molecule has 5 rings (SSSR count). The van der Waals surface area contributed by atoms with E-state index in [1.54, 1.807) is 53.4 Å². The van der Waals surface area contributed by atoms with E-state index < -0.39 is 28.5 Å². The van der Waals surface area contributed by atoms with Crippen molar-refractivity contribution in [3.8, 4) is 5.75 Å². The van der Waals surface area contributed by atoms with Gasteiger partial charge in [0.05, 0.1) is 17.2 Å². The Kier molecular flexibility index (Phi) is 12.4. The number of hydrogen-bond acceptors (Lipinski definition) is 6. The zero-order valence-electron chi connectivity index (χ0n) is 28.4. The molecule has 0 spiro atoms. The number of para-hydroxylation sites is 2. The lowest BCUT2D eigenvalue weighted by molar-refractivity contribution is -0.140. The van der Waals surface area contributed by atoms with Crippen molar-refractivity contribution < 1.29 is 22.7 Å². The molecule has 0 aromatic heterocycles. The summed E-state index contributed by atoms with van der Waals surface area (Å²) in [5, 5.41) is 3.23. The Balaban J connectivity index is 1.60. The van der Waals surface area contributed by atoms with Crippen LogP contribution >= 0.6 is 11.8 Å².